The second-order valence-electron chi connectivity index (χ2n) is 3.97. The standard InChI is InChI=1S/C12H22O7/c1-10(14)12(16,11(2)15)9-19-8-7-18-6-5-17-4-3-13/h13,16H,3-9H2,1-2H3. The molecule has 0 bridgehead atoms. The van der Waals surface area contributed by atoms with Crippen molar-refractivity contribution in [2.75, 3.05) is 46.2 Å². The van der Waals surface area contributed by atoms with Crippen molar-refractivity contribution in [3.05, 3.63) is 0 Å². The molecule has 0 fully saturated rings. The van der Waals surface area contributed by atoms with Crippen molar-refractivity contribution in [2.45, 2.75) is 19.4 Å². The van der Waals surface area contributed by atoms with Gasteiger partial charge >= 0.3 is 0 Å². The van der Waals surface area contributed by atoms with Gasteiger partial charge in [-0.05, 0) is 13.8 Å². The average Bonchev–Trinajstić information content (AvgIpc) is 2.36. The van der Waals surface area contributed by atoms with E-state index < -0.39 is 17.2 Å². The highest BCUT2D eigenvalue weighted by molar-refractivity contribution is 6.08. The fourth-order valence-corrected chi connectivity index (χ4v) is 1.18. The van der Waals surface area contributed by atoms with Crippen LogP contribution in [0.25, 0.3) is 0 Å². The van der Waals surface area contributed by atoms with Crippen molar-refractivity contribution in [1.82, 2.24) is 0 Å². The molecular formula is C12H22O7. The number of hydrogen-bond acceptors (Lipinski definition) is 7. The minimum absolute atomic E-state index is 0.0300. The highest BCUT2D eigenvalue weighted by Crippen LogP contribution is 2.08. The van der Waals surface area contributed by atoms with Gasteiger partial charge in [-0.1, -0.05) is 0 Å². The highest BCUT2D eigenvalue weighted by Gasteiger charge is 2.38. The molecule has 0 unspecified atom stereocenters. The maximum Gasteiger partial charge on any atom is 0.204 e. The van der Waals surface area contributed by atoms with Gasteiger partial charge in [-0.25, -0.2) is 0 Å². The van der Waals surface area contributed by atoms with E-state index in [1.165, 1.54) is 0 Å². The van der Waals surface area contributed by atoms with Crippen LogP contribution in [0.15, 0.2) is 0 Å². The van der Waals surface area contributed by atoms with Gasteiger partial charge in [0.25, 0.3) is 0 Å². The first-order valence-electron chi connectivity index (χ1n) is 6.03. The van der Waals surface area contributed by atoms with Gasteiger partial charge in [0, 0.05) is 0 Å². The Kier molecular flexibility index (Phi) is 9.54. The number of carbonyl (C=O) groups excluding carboxylic acids is 2. The van der Waals surface area contributed by atoms with E-state index in [1.807, 2.05) is 0 Å². The lowest BCUT2D eigenvalue weighted by molar-refractivity contribution is -0.155. The molecule has 0 heterocycles. The Hall–Kier alpha value is -0.860. The molecule has 0 aromatic carbocycles. The van der Waals surface area contributed by atoms with E-state index in [2.05, 4.69) is 0 Å². The monoisotopic (exact) mass is 278 g/mol. The molecule has 0 radical (unpaired) electrons. The Bertz CT molecular complexity index is 263. The van der Waals surface area contributed by atoms with Gasteiger partial charge in [0.2, 0.25) is 5.60 Å². The lowest BCUT2D eigenvalue weighted by Crippen LogP contribution is -2.48. The lowest BCUT2D eigenvalue weighted by Gasteiger charge is -2.21. The Balaban J connectivity index is 3.62. The quantitative estimate of drug-likeness (QED) is 0.346. The zero-order valence-electron chi connectivity index (χ0n) is 11.4. The van der Waals surface area contributed by atoms with Crippen LogP contribution in [0.2, 0.25) is 0 Å². The first kappa shape index (κ1) is 18.1. The Morgan fingerprint density at radius 1 is 0.895 bits per heavy atom. The van der Waals surface area contributed by atoms with Crippen LogP contribution in [0.5, 0.6) is 0 Å². The molecule has 7 nitrogen and oxygen atoms in total. The molecule has 2 N–H and O–H groups in total. The van der Waals surface area contributed by atoms with E-state index in [0.717, 1.165) is 13.8 Å². The van der Waals surface area contributed by atoms with Crippen molar-refractivity contribution < 1.29 is 34.0 Å². The number of ether oxygens (including phenoxy) is 3. The summed E-state index contributed by atoms with van der Waals surface area (Å²) in [7, 11) is 0. The van der Waals surface area contributed by atoms with E-state index in [4.69, 9.17) is 19.3 Å². The molecule has 0 aromatic rings. The number of ketones is 2. The summed E-state index contributed by atoms with van der Waals surface area (Å²) in [4.78, 5) is 22.3. The van der Waals surface area contributed by atoms with E-state index in [-0.39, 0.29) is 33.0 Å². The largest absolute Gasteiger partial charge is 0.394 e. The summed E-state index contributed by atoms with van der Waals surface area (Å²) in [5, 5.41) is 18.2. The predicted molar refractivity (Wildman–Crippen MR) is 65.9 cm³/mol. The van der Waals surface area contributed by atoms with Crippen LogP contribution in [0, 0.1) is 0 Å². The molecule has 0 spiro atoms. The number of aliphatic hydroxyl groups excluding tert-OH is 1. The molecule has 0 aromatic heterocycles. The number of aliphatic hydroxyl groups is 2. The second kappa shape index (κ2) is 9.99. The SMILES string of the molecule is CC(=O)C(O)(COCCOCCOCCO)C(C)=O. The molecule has 7 heteroatoms. The van der Waals surface area contributed by atoms with E-state index in [1.54, 1.807) is 0 Å². The molecule has 0 aliphatic carbocycles. The van der Waals surface area contributed by atoms with Gasteiger partial charge in [0.15, 0.2) is 11.6 Å². The number of Topliss-reactive ketones (excluding diaryl/α,β-unsaturated/α-hetero) is 2. The first-order valence-corrected chi connectivity index (χ1v) is 6.03. The van der Waals surface area contributed by atoms with E-state index in [9.17, 15) is 14.7 Å². The van der Waals surface area contributed by atoms with Crippen LogP contribution in [0.1, 0.15) is 13.8 Å². The Morgan fingerprint density at radius 3 is 1.74 bits per heavy atom. The summed E-state index contributed by atoms with van der Waals surface area (Å²) in [6, 6.07) is 0. The molecule has 0 rings (SSSR count). The minimum Gasteiger partial charge on any atom is -0.394 e. The van der Waals surface area contributed by atoms with E-state index in [0.29, 0.717) is 13.2 Å². The summed E-state index contributed by atoms with van der Waals surface area (Å²) in [5.41, 5.74) is -2.07. The van der Waals surface area contributed by atoms with Gasteiger partial charge in [0.05, 0.1) is 46.2 Å². The molecule has 0 aliphatic rings. The highest BCUT2D eigenvalue weighted by atomic mass is 16.5. The van der Waals surface area contributed by atoms with Crippen LogP contribution in [-0.2, 0) is 23.8 Å². The van der Waals surface area contributed by atoms with Gasteiger partial charge in [-0.15, -0.1) is 0 Å². The Morgan fingerprint density at radius 2 is 1.32 bits per heavy atom. The zero-order valence-corrected chi connectivity index (χ0v) is 11.4. The second-order valence-corrected chi connectivity index (χ2v) is 3.97. The average molecular weight is 278 g/mol. The summed E-state index contributed by atoms with van der Waals surface area (Å²) in [6.07, 6.45) is 0. The summed E-state index contributed by atoms with van der Waals surface area (Å²) >= 11 is 0. The third kappa shape index (κ3) is 7.34. The molecule has 0 saturated heterocycles. The van der Waals surface area contributed by atoms with Crippen molar-refractivity contribution >= 4 is 11.6 Å². The smallest absolute Gasteiger partial charge is 0.204 e. The lowest BCUT2D eigenvalue weighted by atomic mass is 9.96. The van der Waals surface area contributed by atoms with Gasteiger partial charge < -0.3 is 24.4 Å². The van der Waals surface area contributed by atoms with Crippen LogP contribution in [0.4, 0.5) is 0 Å². The van der Waals surface area contributed by atoms with Crippen LogP contribution < -0.4 is 0 Å². The van der Waals surface area contributed by atoms with Gasteiger partial charge in [0.1, 0.15) is 0 Å². The molecule has 0 saturated carbocycles. The van der Waals surface area contributed by atoms with Crippen molar-refractivity contribution in [1.29, 1.82) is 0 Å². The first-order chi connectivity index (χ1) is 8.95. The topological polar surface area (TPSA) is 102 Å². The maximum atomic E-state index is 11.2. The number of hydrogen-bond donors (Lipinski definition) is 2. The summed E-state index contributed by atoms with van der Waals surface area (Å²) in [5.74, 6) is -1.28. The maximum absolute atomic E-state index is 11.2. The van der Waals surface area contributed by atoms with Gasteiger partial charge in [-0.2, -0.15) is 0 Å². The zero-order chi connectivity index (χ0) is 14.7. The Labute approximate surface area is 112 Å². The van der Waals surface area contributed by atoms with Crippen LogP contribution in [0.3, 0.4) is 0 Å². The number of carbonyl (C=O) groups is 2. The van der Waals surface area contributed by atoms with Gasteiger partial charge in [-0.3, -0.25) is 9.59 Å². The molecular weight excluding hydrogens is 256 g/mol. The molecule has 0 amide bonds. The fourth-order valence-electron chi connectivity index (χ4n) is 1.18. The summed E-state index contributed by atoms with van der Waals surface area (Å²) < 4.78 is 15.1. The van der Waals surface area contributed by atoms with Crippen molar-refractivity contribution in [3.8, 4) is 0 Å². The summed E-state index contributed by atoms with van der Waals surface area (Å²) in [6.45, 7) is 3.28. The molecule has 19 heavy (non-hydrogen) atoms. The normalized spacial score (nSPS) is 11.6. The molecule has 0 atom stereocenters. The minimum atomic E-state index is -2.07. The third-order valence-corrected chi connectivity index (χ3v) is 2.46. The van der Waals surface area contributed by atoms with Crippen molar-refractivity contribution in [2.24, 2.45) is 0 Å². The van der Waals surface area contributed by atoms with Crippen LogP contribution in [-0.4, -0.2) is 73.6 Å². The molecule has 0 aliphatic heterocycles. The predicted octanol–water partition coefficient (Wildman–Crippen LogP) is -1.06. The molecule has 112 valence electrons. The van der Waals surface area contributed by atoms with Crippen LogP contribution >= 0.6 is 0 Å². The third-order valence-electron chi connectivity index (χ3n) is 2.46. The van der Waals surface area contributed by atoms with E-state index >= 15 is 0 Å². The van der Waals surface area contributed by atoms with Crippen molar-refractivity contribution in [3.63, 3.8) is 0 Å². The number of rotatable bonds is 12. The fraction of sp³-hybridized carbons (Fsp3) is 0.833.